The molecule has 3 nitrogen and oxygen atoms in total. The van der Waals surface area contributed by atoms with Gasteiger partial charge in [0.15, 0.2) is 0 Å². The Morgan fingerprint density at radius 2 is 1.95 bits per heavy atom. The van der Waals surface area contributed by atoms with Crippen LogP contribution in [0.4, 0.5) is 0 Å². The van der Waals surface area contributed by atoms with E-state index in [4.69, 9.17) is 11.1 Å². The Hall–Kier alpha value is -1.35. The number of nitrogens with one attached hydrogen (secondary N) is 1. The molecule has 3 N–H and O–H groups in total. The van der Waals surface area contributed by atoms with E-state index in [-0.39, 0.29) is 11.9 Å². The van der Waals surface area contributed by atoms with Crippen molar-refractivity contribution in [2.45, 2.75) is 38.1 Å². The van der Waals surface area contributed by atoms with E-state index in [0.29, 0.717) is 6.42 Å². The van der Waals surface area contributed by atoms with Gasteiger partial charge in [-0.25, -0.2) is 0 Å². The zero-order chi connectivity index (χ0) is 13.7. The van der Waals surface area contributed by atoms with Crippen molar-refractivity contribution < 1.29 is 0 Å². The Bertz CT molecular complexity index is 396. The highest BCUT2D eigenvalue weighted by Crippen LogP contribution is 2.29. The first-order valence-electron chi connectivity index (χ1n) is 7.25. The molecule has 0 bridgehead atoms. The summed E-state index contributed by atoms with van der Waals surface area (Å²) in [5.74, 6) is 1.09. The van der Waals surface area contributed by atoms with Crippen LogP contribution < -0.4 is 5.73 Å². The summed E-state index contributed by atoms with van der Waals surface area (Å²) < 4.78 is 0. The monoisotopic (exact) mass is 259 g/mol. The number of hydrogen-bond acceptors (Lipinski definition) is 2. The minimum Gasteiger partial charge on any atom is -0.388 e. The molecule has 1 fully saturated rings. The van der Waals surface area contributed by atoms with E-state index in [1.165, 1.54) is 31.2 Å². The lowest BCUT2D eigenvalue weighted by molar-refractivity contribution is 0.212. The van der Waals surface area contributed by atoms with Crippen LogP contribution in [0.25, 0.3) is 0 Å². The van der Waals surface area contributed by atoms with Crippen molar-refractivity contribution in [1.82, 2.24) is 4.90 Å². The van der Waals surface area contributed by atoms with Crippen LogP contribution in [0.15, 0.2) is 30.3 Å². The summed E-state index contributed by atoms with van der Waals surface area (Å²) in [6.07, 6.45) is 6.08. The largest absolute Gasteiger partial charge is 0.388 e. The molecule has 104 valence electrons. The number of nitrogens with two attached hydrogens (primary N) is 1. The first kappa shape index (κ1) is 14.1. The normalized spacial score (nSPS) is 17.8. The minimum atomic E-state index is 0.235. The molecule has 2 rings (SSSR count). The molecule has 0 heterocycles. The van der Waals surface area contributed by atoms with Crippen molar-refractivity contribution in [2.24, 2.45) is 11.7 Å². The fourth-order valence-corrected chi connectivity index (χ4v) is 3.14. The lowest BCUT2D eigenvalue weighted by Gasteiger charge is -2.30. The zero-order valence-electron chi connectivity index (χ0n) is 11.8. The Balaban J connectivity index is 2.05. The second kappa shape index (κ2) is 6.71. The van der Waals surface area contributed by atoms with Crippen molar-refractivity contribution >= 4 is 5.84 Å². The van der Waals surface area contributed by atoms with Crippen LogP contribution in [0.2, 0.25) is 0 Å². The Morgan fingerprint density at radius 1 is 1.32 bits per heavy atom. The maximum Gasteiger partial charge on any atom is 0.0924 e. The molecule has 1 unspecified atom stereocenters. The molecule has 0 aliphatic heterocycles. The highest BCUT2D eigenvalue weighted by molar-refractivity contribution is 5.77. The Labute approximate surface area is 116 Å². The van der Waals surface area contributed by atoms with Gasteiger partial charge in [-0.1, -0.05) is 43.2 Å². The third-order valence-electron chi connectivity index (χ3n) is 4.15. The van der Waals surface area contributed by atoms with Crippen LogP contribution in [-0.2, 0) is 0 Å². The summed E-state index contributed by atoms with van der Waals surface area (Å²) in [5.41, 5.74) is 6.90. The SMILES string of the molecule is CN(CC1CCCC1)C(CC(=N)N)c1ccccc1. The number of rotatable bonds is 6. The van der Waals surface area contributed by atoms with E-state index in [2.05, 4.69) is 36.2 Å². The van der Waals surface area contributed by atoms with E-state index in [1.807, 2.05) is 6.07 Å². The molecule has 0 saturated heterocycles. The Morgan fingerprint density at radius 3 is 2.53 bits per heavy atom. The molecule has 1 aromatic rings. The summed E-state index contributed by atoms with van der Waals surface area (Å²) in [6.45, 7) is 1.12. The van der Waals surface area contributed by atoms with Gasteiger partial charge in [-0.15, -0.1) is 0 Å². The molecule has 1 aliphatic carbocycles. The minimum absolute atomic E-state index is 0.235. The molecule has 19 heavy (non-hydrogen) atoms. The van der Waals surface area contributed by atoms with Gasteiger partial charge in [0.1, 0.15) is 0 Å². The van der Waals surface area contributed by atoms with Gasteiger partial charge in [0.25, 0.3) is 0 Å². The number of nitrogens with zero attached hydrogens (tertiary/aromatic N) is 1. The first-order valence-corrected chi connectivity index (χ1v) is 7.25. The molecule has 1 aromatic carbocycles. The van der Waals surface area contributed by atoms with Gasteiger partial charge in [0, 0.05) is 19.0 Å². The quantitative estimate of drug-likeness (QED) is 0.609. The zero-order valence-corrected chi connectivity index (χ0v) is 11.8. The fourth-order valence-electron chi connectivity index (χ4n) is 3.14. The van der Waals surface area contributed by atoms with Gasteiger partial charge in [0.2, 0.25) is 0 Å². The first-order chi connectivity index (χ1) is 9.16. The van der Waals surface area contributed by atoms with Gasteiger partial charge in [-0.05, 0) is 31.4 Å². The van der Waals surface area contributed by atoms with E-state index in [0.717, 1.165) is 12.5 Å². The summed E-state index contributed by atoms with van der Waals surface area (Å²) in [4.78, 5) is 2.38. The second-order valence-corrected chi connectivity index (χ2v) is 5.75. The molecule has 1 saturated carbocycles. The highest BCUT2D eigenvalue weighted by atomic mass is 15.1. The van der Waals surface area contributed by atoms with Crippen molar-refractivity contribution in [3.63, 3.8) is 0 Å². The molecular weight excluding hydrogens is 234 g/mol. The molecule has 0 radical (unpaired) electrons. The topological polar surface area (TPSA) is 53.1 Å². The second-order valence-electron chi connectivity index (χ2n) is 5.75. The van der Waals surface area contributed by atoms with Gasteiger partial charge in [-0.2, -0.15) is 0 Å². The third-order valence-corrected chi connectivity index (χ3v) is 4.15. The number of amidine groups is 1. The molecule has 3 heteroatoms. The van der Waals surface area contributed by atoms with Crippen LogP contribution in [0.5, 0.6) is 0 Å². The predicted octanol–water partition coefficient (Wildman–Crippen LogP) is 3.18. The van der Waals surface area contributed by atoms with Crippen molar-refractivity contribution in [1.29, 1.82) is 5.41 Å². The van der Waals surface area contributed by atoms with E-state index >= 15 is 0 Å². The lowest BCUT2D eigenvalue weighted by atomic mass is 9.99. The van der Waals surface area contributed by atoms with E-state index in [9.17, 15) is 0 Å². The number of benzene rings is 1. The van der Waals surface area contributed by atoms with Gasteiger partial charge in [-0.3, -0.25) is 10.3 Å². The fraction of sp³-hybridized carbons (Fsp3) is 0.562. The summed E-state index contributed by atoms with van der Waals surface area (Å²) >= 11 is 0. The van der Waals surface area contributed by atoms with Crippen molar-refractivity contribution in [3.8, 4) is 0 Å². The van der Waals surface area contributed by atoms with Crippen molar-refractivity contribution in [2.75, 3.05) is 13.6 Å². The van der Waals surface area contributed by atoms with Gasteiger partial charge < -0.3 is 5.73 Å². The lowest BCUT2D eigenvalue weighted by Crippen LogP contribution is -2.32. The summed E-state index contributed by atoms with van der Waals surface area (Å²) in [5, 5.41) is 7.60. The molecular formula is C16H25N3. The predicted molar refractivity (Wildman–Crippen MR) is 80.3 cm³/mol. The van der Waals surface area contributed by atoms with Crippen LogP contribution in [0.3, 0.4) is 0 Å². The van der Waals surface area contributed by atoms with Crippen LogP contribution in [0.1, 0.15) is 43.7 Å². The number of hydrogen-bond donors (Lipinski definition) is 2. The average Bonchev–Trinajstić information content (AvgIpc) is 2.89. The summed E-state index contributed by atoms with van der Waals surface area (Å²) in [7, 11) is 2.17. The molecule has 0 amide bonds. The molecule has 0 aromatic heterocycles. The van der Waals surface area contributed by atoms with E-state index < -0.39 is 0 Å². The Kier molecular flexibility index (Phi) is 4.97. The standard InChI is InChI=1S/C16H25N3/c1-19(12-13-7-5-6-8-13)15(11-16(17)18)14-9-3-2-4-10-14/h2-4,9-10,13,15H,5-8,11-12H2,1H3,(H3,17,18). The maximum atomic E-state index is 7.60. The van der Waals surface area contributed by atoms with Gasteiger partial charge >= 0.3 is 0 Å². The summed E-state index contributed by atoms with van der Waals surface area (Å²) in [6, 6.07) is 10.7. The maximum absolute atomic E-state index is 7.60. The van der Waals surface area contributed by atoms with Gasteiger partial charge in [0.05, 0.1) is 5.84 Å². The highest BCUT2D eigenvalue weighted by Gasteiger charge is 2.23. The molecule has 1 atom stereocenters. The average molecular weight is 259 g/mol. The third kappa shape index (κ3) is 4.06. The van der Waals surface area contributed by atoms with Crippen LogP contribution in [-0.4, -0.2) is 24.3 Å². The molecule has 0 spiro atoms. The smallest absolute Gasteiger partial charge is 0.0924 e. The van der Waals surface area contributed by atoms with E-state index in [1.54, 1.807) is 0 Å². The van der Waals surface area contributed by atoms with Crippen LogP contribution in [0, 0.1) is 11.3 Å². The molecule has 1 aliphatic rings. The van der Waals surface area contributed by atoms with Crippen LogP contribution >= 0.6 is 0 Å². The van der Waals surface area contributed by atoms with Crippen molar-refractivity contribution in [3.05, 3.63) is 35.9 Å².